The molecule has 0 radical (unpaired) electrons. The molecule has 0 saturated carbocycles. The molecule has 19 heavy (non-hydrogen) atoms. The van der Waals surface area contributed by atoms with Crippen molar-refractivity contribution in [2.24, 2.45) is 0 Å². The Morgan fingerprint density at radius 1 is 0.947 bits per heavy atom. The third-order valence-corrected chi connectivity index (χ3v) is 3.40. The van der Waals surface area contributed by atoms with Gasteiger partial charge in [-0.2, -0.15) is 0 Å². The maximum Gasteiger partial charge on any atom is 0.119 e. The van der Waals surface area contributed by atoms with Gasteiger partial charge in [0.1, 0.15) is 5.75 Å². The quantitative estimate of drug-likeness (QED) is 0.809. The minimum Gasteiger partial charge on any atom is -0.494 e. The molecular formula is C16H18BrNO. The molecule has 0 heterocycles. The predicted molar refractivity (Wildman–Crippen MR) is 83.6 cm³/mol. The van der Waals surface area contributed by atoms with Gasteiger partial charge < -0.3 is 10.1 Å². The number of rotatable bonds is 6. The Balaban J connectivity index is 1.96. The largest absolute Gasteiger partial charge is 0.494 e. The summed E-state index contributed by atoms with van der Waals surface area (Å²) in [4.78, 5) is 0. The number of hydrogen-bond donors (Lipinski definition) is 1. The van der Waals surface area contributed by atoms with E-state index in [-0.39, 0.29) is 0 Å². The molecule has 0 saturated heterocycles. The van der Waals surface area contributed by atoms with Gasteiger partial charge in [-0.3, -0.25) is 0 Å². The average Bonchev–Trinajstić information content (AvgIpc) is 2.45. The Morgan fingerprint density at radius 2 is 1.53 bits per heavy atom. The molecule has 2 aromatic rings. The number of benzene rings is 2. The Bertz CT molecular complexity index is 493. The van der Waals surface area contributed by atoms with Gasteiger partial charge in [0.25, 0.3) is 0 Å². The van der Waals surface area contributed by atoms with Gasteiger partial charge in [-0.15, -0.1) is 0 Å². The van der Waals surface area contributed by atoms with Crippen LogP contribution >= 0.6 is 15.9 Å². The molecule has 0 fully saturated rings. The molecule has 0 aliphatic carbocycles. The third-order valence-electron chi connectivity index (χ3n) is 2.87. The lowest BCUT2D eigenvalue weighted by Gasteiger charge is -2.07. The highest BCUT2D eigenvalue weighted by Crippen LogP contribution is 2.24. The van der Waals surface area contributed by atoms with E-state index in [1.807, 2.05) is 19.2 Å². The van der Waals surface area contributed by atoms with E-state index >= 15 is 0 Å². The number of hydrogen-bond acceptors (Lipinski definition) is 2. The zero-order chi connectivity index (χ0) is 13.5. The average molecular weight is 320 g/mol. The first-order valence-electron chi connectivity index (χ1n) is 6.43. The Labute approximate surface area is 122 Å². The zero-order valence-electron chi connectivity index (χ0n) is 11.0. The van der Waals surface area contributed by atoms with Crippen LogP contribution in [0.15, 0.2) is 53.0 Å². The molecule has 0 aromatic heterocycles. The van der Waals surface area contributed by atoms with Gasteiger partial charge in [0.2, 0.25) is 0 Å². The van der Waals surface area contributed by atoms with Crippen LogP contribution in [-0.4, -0.2) is 20.2 Å². The summed E-state index contributed by atoms with van der Waals surface area (Å²) < 4.78 is 6.77. The highest BCUT2D eigenvalue weighted by Gasteiger charge is 1.99. The van der Waals surface area contributed by atoms with Gasteiger partial charge in [-0.25, -0.2) is 0 Å². The van der Waals surface area contributed by atoms with Crippen LogP contribution < -0.4 is 10.1 Å². The lowest BCUT2D eigenvalue weighted by Crippen LogP contribution is -2.11. The summed E-state index contributed by atoms with van der Waals surface area (Å²) in [7, 11) is 1.95. The normalized spacial score (nSPS) is 10.4. The van der Waals surface area contributed by atoms with E-state index in [9.17, 15) is 0 Å². The van der Waals surface area contributed by atoms with E-state index in [1.54, 1.807) is 0 Å². The Kier molecular flexibility index (Phi) is 5.43. The van der Waals surface area contributed by atoms with Crippen LogP contribution in [0.2, 0.25) is 0 Å². The van der Waals surface area contributed by atoms with Gasteiger partial charge in [-0.05, 0) is 55.4 Å². The smallest absolute Gasteiger partial charge is 0.119 e. The highest BCUT2D eigenvalue weighted by atomic mass is 79.9. The molecule has 0 bridgehead atoms. The van der Waals surface area contributed by atoms with Gasteiger partial charge in [0.15, 0.2) is 0 Å². The minimum absolute atomic E-state index is 0.748. The van der Waals surface area contributed by atoms with Crippen molar-refractivity contribution >= 4 is 15.9 Å². The van der Waals surface area contributed by atoms with Crippen LogP contribution in [0.3, 0.4) is 0 Å². The molecule has 2 rings (SSSR count). The van der Waals surface area contributed by atoms with Crippen molar-refractivity contribution in [2.45, 2.75) is 6.42 Å². The minimum atomic E-state index is 0.748. The molecule has 0 spiro atoms. The van der Waals surface area contributed by atoms with E-state index in [2.05, 4.69) is 57.6 Å². The summed E-state index contributed by atoms with van der Waals surface area (Å²) in [5.41, 5.74) is 2.42. The van der Waals surface area contributed by atoms with E-state index in [0.717, 1.165) is 29.8 Å². The molecule has 0 atom stereocenters. The maximum absolute atomic E-state index is 5.67. The van der Waals surface area contributed by atoms with Crippen LogP contribution in [-0.2, 0) is 0 Å². The fraction of sp³-hybridized carbons (Fsp3) is 0.250. The SMILES string of the molecule is CNCCCOc1ccc(-c2ccc(Br)cc2)cc1. The van der Waals surface area contributed by atoms with Crippen molar-refractivity contribution in [2.75, 3.05) is 20.2 Å². The summed E-state index contributed by atoms with van der Waals surface area (Å²) in [6, 6.07) is 16.6. The van der Waals surface area contributed by atoms with Gasteiger partial charge >= 0.3 is 0 Å². The summed E-state index contributed by atoms with van der Waals surface area (Å²) in [5, 5.41) is 3.11. The van der Waals surface area contributed by atoms with Crippen molar-refractivity contribution in [3.8, 4) is 16.9 Å². The molecule has 100 valence electrons. The van der Waals surface area contributed by atoms with Crippen molar-refractivity contribution in [1.29, 1.82) is 0 Å². The Hall–Kier alpha value is -1.32. The lowest BCUT2D eigenvalue weighted by molar-refractivity contribution is 0.310. The van der Waals surface area contributed by atoms with Crippen LogP contribution in [0.25, 0.3) is 11.1 Å². The van der Waals surface area contributed by atoms with Gasteiger partial charge in [0, 0.05) is 4.47 Å². The second-order valence-corrected chi connectivity index (χ2v) is 5.25. The monoisotopic (exact) mass is 319 g/mol. The summed E-state index contributed by atoms with van der Waals surface area (Å²) in [6.07, 6.45) is 1.02. The Morgan fingerprint density at radius 3 is 2.11 bits per heavy atom. The topological polar surface area (TPSA) is 21.3 Å². The van der Waals surface area contributed by atoms with E-state index in [4.69, 9.17) is 4.74 Å². The lowest BCUT2D eigenvalue weighted by atomic mass is 10.1. The molecule has 1 N–H and O–H groups in total. The van der Waals surface area contributed by atoms with Crippen LogP contribution in [0.5, 0.6) is 5.75 Å². The van der Waals surface area contributed by atoms with Crippen molar-refractivity contribution < 1.29 is 4.74 Å². The first kappa shape index (κ1) is 14.1. The number of ether oxygens (including phenoxy) is 1. The maximum atomic E-state index is 5.67. The molecule has 0 unspecified atom stereocenters. The second-order valence-electron chi connectivity index (χ2n) is 4.34. The standard InChI is InChI=1S/C16H18BrNO/c1-18-11-2-12-19-16-9-5-14(6-10-16)13-3-7-15(17)8-4-13/h3-10,18H,2,11-12H2,1H3. The molecule has 2 aromatic carbocycles. The first-order chi connectivity index (χ1) is 9.29. The van der Waals surface area contributed by atoms with Crippen LogP contribution in [0.4, 0.5) is 0 Å². The number of nitrogens with one attached hydrogen (secondary N) is 1. The predicted octanol–water partition coefficient (Wildman–Crippen LogP) is 4.10. The van der Waals surface area contributed by atoms with Gasteiger partial charge in [-0.1, -0.05) is 40.2 Å². The van der Waals surface area contributed by atoms with Crippen molar-refractivity contribution in [1.82, 2.24) is 5.32 Å². The summed E-state index contributed by atoms with van der Waals surface area (Å²) in [6.45, 7) is 1.73. The van der Waals surface area contributed by atoms with Gasteiger partial charge in [0.05, 0.1) is 6.61 Å². The molecular weight excluding hydrogens is 302 g/mol. The molecule has 0 aliphatic heterocycles. The fourth-order valence-electron chi connectivity index (χ4n) is 1.82. The summed E-state index contributed by atoms with van der Waals surface area (Å²) in [5.74, 6) is 0.928. The third kappa shape index (κ3) is 4.37. The highest BCUT2D eigenvalue weighted by molar-refractivity contribution is 9.10. The van der Waals surface area contributed by atoms with Crippen molar-refractivity contribution in [3.05, 3.63) is 53.0 Å². The van der Waals surface area contributed by atoms with E-state index in [1.165, 1.54) is 11.1 Å². The van der Waals surface area contributed by atoms with Crippen LogP contribution in [0.1, 0.15) is 6.42 Å². The van der Waals surface area contributed by atoms with E-state index < -0.39 is 0 Å². The molecule has 2 nitrogen and oxygen atoms in total. The molecule has 0 aliphatic rings. The number of halogens is 1. The first-order valence-corrected chi connectivity index (χ1v) is 7.22. The molecule has 0 amide bonds. The summed E-state index contributed by atoms with van der Waals surface area (Å²) >= 11 is 3.45. The molecule has 3 heteroatoms. The fourth-order valence-corrected chi connectivity index (χ4v) is 2.09. The van der Waals surface area contributed by atoms with Crippen LogP contribution in [0, 0.1) is 0 Å². The van der Waals surface area contributed by atoms with E-state index in [0.29, 0.717) is 0 Å². The second kappa shape index (κ2) is 7.31. The van der Waals surface area contributed by atoms with Crippen molar-refractivity contribution in [3.63, 3.8) is 0 Å². The zero-order valence-corrected chi connectivity index (χ0v) is 12.6.